The maximum atomic E-state index is 12.1. The summed E-state index contributed by atoms with van der Waals surface area (Å²) in [5.74, 6) is 0.178. The summed E-state index contributed by atoms with van der Waals surface area (Å²) in [5.41, 5.74) is 1.18. The molecule has 3 nitrogen and oxygen atoms in total. The van der Waals surface area contributed by atoms with Crippen molar-refractivity contribution in [1.82, 2.24) is 4.90 Å². The number of carbonyl (C=O) groups excluding carboxylic acids is 1. The Kier molecular flexibility index (Phi) is 3.45. The zero-order chi connectivity index (χ0) is 14.1. The van der Waals surface area contributed by atoms with E-state index in [1.54, 1.807) is 7.11 Å². The highest BCUT2D eigenvalue weighted by Crippen LogP contribution is 2.33. The van der Waals surface area contributed by atoms with Gasteiger partial charge in [0.1, 0.15) is 6.23 Å². The topological polar surface area (TPSA) is 29.5 Å². The summed E-state index contributed by atoms with van der Waals surface area (Å²) in [4.78, 5) is 14.0. The molecule has 3 heteroatoms. The van der Waals surface area contributed by atoms with Crippen LogP contribution in [0.5, 0.6) is 0 Å². The third kappa shape index (κ3) is 2.08. The minimum Gasteiger partial charge on any atom is -0.361 e. The van der Waals surface area contributed by atoms with Crippen molar-refractivity contribution in [2.24, 2.45) is 0 Å². The van der Waals surface area contributed by atoms with Gasteiger partial charge in [0.15, 0.2) is 0 Å². The lowest BCUT2D eigenvalue weighted by Gasteiger charge is -2.31. The van der Waals surface area contributed by atoms with Gasteiger partial charge in [-0.05, 0) is 23.3 Å². The Bertz CT molecular complexity index is 632. The first-order valence-electron chi connectivity index (χ1n) is 7.04. The van der Waals surface area contributed by atoms with Gasteiger partial charge in [0, 0.05) is 20.0 Å². The van der Waals surface area contributed by atoms with Crippen molar-refractivity contribution in [2.45, 2.75) is 32.0 Å². The van der Waals surface area contributed by atoms with E-state index in [0.29, 0.717) is 6.42 Å². The first-order valence-corrected chi connectivity index (χ1v) is 7.04. The maximum absolute atomic E-state index is 12.1. The van der Waals surface area contributed by atoms with Gasteiger partial charge in [-0.2, -0.15) is 0 Å². The molecule has 104 valence electrons. The number of carbonyl (C=O) groups is 1. The van der Waals surface area contributed by atoms with E-state index < -0.39 is 0 Å². The second-order valence-corrected chi connectivity index (χ2v) is 5.27. The molecule has 1 aliphatic heterocycles. The van der Waals surface area contributed by atoms with Gasteiger partial charge in [-0.1, -0.05) is 42.5 Å². The van der Waals surface area contributed by atoms with Crippen molar-refractivity contribution >= 4 is 16.7 Å². The Hall–Kier alpha value is -1.87. The average molecular weight is 269 g/mol. The fourth-order valence-electron chi connectivity index (χ4n) is 3.14. The third-order valence-corrected chi connectivity index (χ3v) is 4.17. The summed E-state index contributed by atoms with van der Waals surface area (Å²) < 4.78 is 5.45. The van der Waals surface area contributed by atoms with Crippen LogP contribution in [0.4, 0.5) is 0 Å². The van der Waals surface area contributed by atoms with Crippen molar-refractivity contribution in [2.75, 3.05) is 7.11 Å². The van der Waals surface area contributed by atoms with Crippen molar-refractivity contribution in [3.63, 3.8) is 0 Å². The molecule has 0 aromatic heterocycles. The summed E-state index contributed by atoms with van der Waals surface area (Å²) in [6.45, 7) is 2.08. The molecule has 2 atom stereocenters. The molecule has 0 bridgehead atoms. The largest absolute Gasteiger partial charge is 0.361 e. The van der Waals surface area contributed by atoms with Crippen LogP contribution < -0.4 is 0 Å². The Morgan fingerprint density at radius 1 is 1.20 bits per heavy atom. The highest BCUT2D eigenvalue weighted by atomic mass is 16.5. The lowest BCUT2D eigenvalue weighted by molar-refractivity contribution is -0.138. The number of hydrogen-bond acceptors (Lipinski definition) is 2. The average Bonchev–Trinajstić information content (AvgIpc) is 2.87. The molecule has 1 fully saturated rings. The molecule has 1 saturated heterocycles. The molecular formula is C17H19NO2. The fourth-order valence-corrected chi connectivity index (χ4v) is 3.14. The summed E-state index contributed by atoms with van der Waals surface area (Å²) >= 11 is 0. The van der Waals surface area contributed by atoms with Gasteiger partial charge in [0.2, 0.25) is 5.91 Å². The highest BCUT2D eigenvalue weighted by Gasteiger charge is 2.35. The first kappa shape index (κ1) is 13.1. The molecule has 0 radical (unpaired) electrons. The molecule has 0 aliphatic carbocycles. The quantitative estimate of drug-likeness (QED) is 0.853. The summed E-state index contributed by atoms with van der Waals surface area (Å²) in [6, 6.07) is 14.6. The molecule has 3 rings (SSSR count). The number of fused-ring (bicyclic) bond motifs is 1. The first-order chi connectivity index (χ1) is 9.72. The predicted octanol–water partition coefficient (Wildman–Crippen LogP) is 3.50. The normalized spacial score (nSPS) is 20.6. The van der Waals surface area contributed by atoms with Gasteiger partial charge in [0.25, 0.3) is 0 Å². The molecular weight excluding hydrogens is 250 g/mol. The van der Waals surface area contributed by atoms with Gasteiger partial charge in [-0.25, -0.2) is 0 Å². The van der Waals surface area contributed by atoms with Gasteiger partial charge < -0.3 is 9.64 Å². The summed E-state index contributed by atoms with van der Waals surface area (Å²) in [6.07, 6.45) is 1.26. The molecule has 2 aromatic carbocycles. The number of rotatable bonds is 3. The van der Waals surface area contributed by atoms with E-state index in [2.05, 4.69) is 37.3 Å². The van der Waals surface area contributed by atoms with Crippen LogP contribution in [0.3, 0.4) is 0 Å². The molecule has 0 saturated carbocycles. The van der Waals surface area contributed by atoms with Crippen LogP contribution in [0.15, 0.2) is 42.5 Å². The molecule has 1 heterocycles. The lowest BCUT2D eigenvalue weighted by atomic mass is 9.99. The third-order valence-electron chi connectivity index (χ3n) is 4.17. The van der Waals surface area contributed by atoms with Crippen LogP contribution in [-0.2, 0) is 9.53 Å². The van der Waals surface area contributed by atoms with Crippen LogP contribution in [0, 0.1) is 0 Å². The Morgan fingerprint density at radius 3 is 2.75 bits per heavy atom. The van der Waals surface area contributed by atoms with Crippen molar-refractivity contribution < 1.29 is 9.53 Å². The summed E-state index contributed by atoms with van der Waals surface area (Å²) in [7, 11) is 1.67. The zero-order valence-corrected chi connectivity index (χ0v) is 11.9. The van der Waals surface area contributed by atoms with Crippen LogP contribution in [0.2, 0.25) is 0 Å². The fraction of sp³-hybridized carbons (Fsp3) is 0.353. The van der Waals surface area contributed by atoms with Crippen molar-refractivity contribution in [1.29, 1.82) is 0 Å². The van der Waals surface area contributed by atoms with Gasteiger partial charge in [0.05, 0.1) is 6.04 Å². The molecule has 1 amide bonds. The van der Waals surface area contributed by atoms with Crippen LogP contribution in [0.25, 0.3) is 10.8 Å². The van der Waals surface area contributed by atoms with Gasteiger partial charge in [-0.15, -0.1) is 0 Å². The van der Waals surface area contributed by atoms with Gasteiger partial charge in [-0.3, -0.25) is 4.79 Å². The second-order valence-electron chi connectivity index (χ2n) is 5.27. The number of benzene rings is 2. The minimum atomic E-state index is -0.100. The maximum Gasteiger partial charge on any atom is 0.225 e. The monoisotopic (exact) mass is 269 g/mol. The van der Waals surface area contributed by atoms with E-state index in [1.165, 1.54) is 16.3 Å². The number of likely N-dealkylation sites (tertiary alicyclic amines) is 1. The Labute approximate surface area is 119 Å². The predicted molar refractivity (Wildman–Crippen MR) is 79.2 cm³/mol. The van der Waals surface area contributed by atoms with E-state index in [0.717, 1.165) is 6.42 Å². The number of nitrogens with zero attached hydrogens (tertiary/aromatic N) is 1. The molecule has 1 unspecified atom stereocenters. The van der Waals surface area contributed by atoms with Crippen LogP contribution in [-0.4, -0.2) is 24.1 Å². The molecule has 1 aliphatic rings. The number of methoxy groups -OCH3 is 1. The SMILES string of the molecule is COC1CCC(=O)N1[C@H](C)c1cccc2ccccc12. The number of ether oxygens (including phenoxy) is 1. The van der Waals surface area contributed by atoms with Crippen LogP contribution in [0.1, 0.15) is 31.4 Å². The van der Waals surface area contributed by atoms with E-state index in [-0.39, 0.29) is 18.2 Å². The van der Waals surface area contributed by atoms with E-state index in [4.69, 9.17) is 4.74 Å². The molecule has 0 N–H and O–H groups in total. The highest BCUT2D eigenvalue weighted by molar-refractivity contribution is 5.87. The number of hydrogen-bond donors (Lipinski definition) is 0. The molecule has 0 spiro atoms. The molecule has 20 heavy (non-hydrogen) atoms. The Balaban J connectivity index is 2.04. The lowest BCUT2D eigenvalue weighted by Crippen LogP contribution is -2.36. The molecule has 2 aromatic rings. The standard InChI is InChI=1S/C17H19NO2/c1-12(18-16(19)10-11-17(18)20-2)14-9-5-7-13-6-3-4-8-15(13)14/h3-9,12,17H,10-11H2,1-2H3/t12-,17?/m1/s1. The second kappa shape index (κ2) is 5.25. The minimum absolute atomic E-state index is 0.0287. The smallest absolute Gasteiger partial charge is 0.225 e. The van der Waals surface area contributed by atoms with Crippen LogP contribution >= 0.6 is 0 Å². The Morgan fingerprint density at radius 2 is 1.95 bits per heavy atom. The van der Waals surface area contributed by atoms with Gasteiger partial charge >= 0.3 is 0 Å². The zero-order valence-electron chi connectivity index (χ0n) is 11.9. The summed E-state index contributed by atoms with van der Waals surface area (Å²) in [5, 5.41) is 2.41. The van der Waals surface area contributed by atoms with Crippen molar-refractivity contribution in [3.8, 4) is 0 Å². The number of amides is 1. The van der Waals surface area contributed by atoms with Crippen molar-refractivity contribution in [3.05, 3.63) is 48.0 Å². The van der Waals surface area contributed by atoms with E-state index in [1.807, 2.05) is 17.0 Å². The van der Waals surface area contributed by atoms with E-state index in [9.17, 15) is 4.79 Å². The van der Waals surface area contributed by atoms with E-state index >= 15 is 0 Å².